The molecule has 0 atom stereocenters. The normalized spacial score (nSPS) is 9.50. The number of methoxy groups -OCH3 is 1. The Labute approximate surface area is 60.6 Å². The van der Waals surface area contributed by atoms with E-state index in [1.54, 1.807) is 7.11 Å². The van der Waals surface area contributed by atoms with Crippen molar-refractivity contribution in [1.82, 2.24) is 0 Å². The van der Waals surface area contributed by atoms with Crippen LogP contribution in [0, 0.1) is 6.92 Å². The van der Waals surface area contributed by atoms with Crippen molar-refractivity contribution in [2.45, 2.75) is 6.92 Å². The maximum Gasteiger partial charge on any atom is 0.134 e. The summed E-state index contributed by atoms with van der Waals surface area (Å²) in [6, 6.07) is 5.84. The van der Waals surface area contributed by atoms with E-state index in [1.165, 1.54) is 0 Å². The first kappa shape index (κ1) is 7.09. The monoisotopic (exact) mass is 138 g/mol. The molecule has 0 saturated carbocycles. The summed E-state index contributed by atoms with van der Waals surface area (Å²) in [5.41, 5.74) is 5.99. The van der Waals surface area contributed by atoms with Crippen LogP contribution in [0.5, 0.6) is 5.75 Å². The molecule has 0 amide bonds. The second kappa shape index (κ2) is 2.71. The van der Waals surface area contributed by atoms with Gasteiger partial charge in [0.1, 0.15) is 11.4 Å². The van der Waals surface area contributed by atoms with Crippen LogP contribution in [0.15, 0.2) is 18.2 Å². The van der Waals surface area contributed by atoms with Crippen molar-refractivity contribution in [2.75, 3.05) is 7.11 Å². The molecule has 0 spiro atoms. The zero-order valence-electron chi connectivity index (χ0n) is 6.35. The SMILES string of the molecule is COc1cccc([NH3+])c1C. The van der Waals surface area contributed by atoms with Crippen molar-refractivity contribution in [1.29, 1.82) is 0 Å². The summed E-state index contributed by atoms with van der Waals surface area (Å²) < 4.78 is 5.09. The Kier molecular flexibility index (Phi) is 1.92. The lowest BCUT2D eigenvalue weighted by Gasteiger charge is -2.02. The molecule has 0 fully saturated rings. The van der Waals surface area contributed by atoms with Gasteiger partial charge in [-0.1, -0.05) is 6.07 Å². The van der Waals surface area contributed by atoms with Crippen molar-refractivity contribution in [3.63, 3.8) is 0 Å². The van der Waals surface area contributed by atoms with Crippen molar-refractivity contribution in [3.8, 4) is 5.75 Å². The zero-order valence-corrected chi connectivity index (χ0v) is 6.35. The van der Waals surface area contributed by atoms with E-state index in [-0.39, 0.29) is 0 Å². The third-order valence-electron chi connectivity index (χ3n) is 1.62. The van der Waals surface area contributed by atoms with Gasteiger partial charge >= 0.3 is 0 Å². The van der Waals surface area contributed by atoms with Crippen LogP contribution in [0.3, 0.4) is 0 Å². The summed E-state index contributed by atoms with van der Waals surface area (Å²) in [6.45, 7) is 2.00. The van der Waals surface area contributed by atoms with Gasteiger partial charge in [-0.15, -0.1) is 0 Å². The lowest BCUT2D eigenvalue weighted by atomic mass is 10.2. The molecule has 1 rings (SSSR count). The van der Waals surface area contributed by atoms with Crippen LogP contribution in [-0.4, -0.2) is 7.11 Å². The molecule has 0 aromatic heterocycles. The maximum atomic E-state index is 5.09. The summed E-state index contributed by atoms with van der Waals surface area (Å²) in [6.07, 6.45) is 0. The van der Waals surface area contributed by atoms with Crippen LogP contribution in [0.1, 0.15) is 5.56 Å². The Hall–Kier alpha value is -1.02. The minimum absolute atomic E-state index is 0.910. The van der Waals surface area contributed by atoms with E-state index in [1.807, 2.05) is 25.1 Å². The second-order valence-electron chi connectivity index (χ2n) is 2.24. The van der Waals surface area contributed by atoms with Crippen molar-refractivity contribution in [3.05, 3.63) is 23.8 Å². The third kappa shape index (κ3) is 1.11. The summed E-state index contributed by atoms with van der Waals surface area (Å²) in [5.74, 6) is 0.910. The highest BCUT2D eigenvalue weighted by Gasteiger charge is 2.01. The van der Waals surface area contributed by atoms with Crippen molar-refractivity contribution in [2.24, 2.45) is 0 Å². The van der Waals surface area contributed by atoms with Crippen molar-refractivity contribution >= 4 is 5.69 Å². The Balaban J connectivity index is 3.14. The van der Waals surface area contributed by atoms with Gasteiger partial charge in [0.15, 0.2) is 0 Å². The third-order valence-corrected chi connectivity index (χ3v) is 1.62. The Morgan fingerprint density at radius 1 is 1.40 bits per heavy atom. The average molecular weight is 138 g/mol. The topological polar surface area (TPSA) is 36.9 Å². The van der Waals surface area contributed by atoms with E-state index in [0.29, 0.717) is 0 Å². The fourth-order valence-electron chi connectivity index (χ4n) is 0.881. The number of ether oxygens (including phenoxy) is 1. The number of quaternary nitrogens is 1. The fraction of sp³-hybridized carbons (Fsp3) is 0.250. The van der Waals surface area contributed by atoms with E-state index in [2.05, 4.69) is 5.73 Å². The van der Waals surface area contributed by atoms with Gasteiger partial charge in [0, 0.05) is 0 Å². The smallest absolute Gasteiger partial charge is 0.134 e. The molecular weight excluding hydrogens is 126 g/mol. The van der Waals surface area contributed by atoms with Crippen LogP contribution < -0.4 is 10.5 Å². The van der Waals surface area contributed by atoms with Gasteiger partial charge in [0.25, 0.3) is 0 Å². The predicted octanol–water partition coefficient (Wildman–Crippen LogP) is 0.877. The predicted molar refractivity (Wildman–Crippen MR) is 40.3 cm³/mol. The standard InChI is InChI=1S/C8H11NO/c1-6-7(9)4-3-5-8(6)10-2/h3-5H,9H2,1-2H3/p+1. The number of hydrogen-bond acceptors (Lipinski definition) is 1. The molecule has 0 aliphatic rings. The molecule has 0 heterocycles. The van der Waals surface area contributed by atoms with E-state index in [9.17, 15) is 0 Å². The van der Waals surface area contributed by atoms with Crippen LogP contribution >= 0.6 is 0 Å². The highest BCUT2D eigenvalue weighted by atomic mass is 16.5. The molecule has 0 unspecified atom stereocenters. The number of benzene rings is 1. The van der Waals surface area contributed by atoms with E-state index >= 15 is 0 Å². The molecular formula is C8H12NO+. The molecule has 10 heavy (non-hydrogen) atoms. The lowest BCUT2D eigenvalue weighted by Crippen LogP contribution is -2.41. The Morgan fingerprint density at radius 2 is 2.10 bits per heavy atom. The van der Waals surface area contributed by atoms with Crippen molar-refractivity contribution < 1.29 is 10.5 Å². The molecule has 0 aliphatic heterocycles. The van der Waals surface area contributed by atoms with Gasteiger partial charge in [-0.3, -0.25) is 0 Å². The maximum absolute atomic E-state index is 5.09. The fourth-order valence-corrected chi connectivity index (χ4v) is 0.881. The van der Waals surface area contributed by atoms with Gasteiger partial charge in [-0.05, 0) is 19.1 Å². The molecule has 3 N–H and O–H groups in total. The molecule has 54 valence electrons. The van der Waals surface area contributed by atoms with Crippen LogP contribution in [0.4, 0.5) is 5.69 Å². The van der Waals surface area contributed by atoms with Gasteiger partial charge in [-0.2, -0.15) is 0 Å². The quantitative estimate of drug-likeness (QED) is 0.614. The van der Waals surface area contributed by atoms with E-state index < -0.39 is 0 Å². The zero-order chi connectivity index (χ0) is 7.56. The van der Waals surface area contributed by atoms with E-state index in [0.717, 1.165) is 17.0 Å². The molecule has 1 aromatic rings. The molecule has 2 heteroatoms. The summed E-state index contributed by atoms with van der Waals surface area (Å²) in [4.78, 5) is 0. The Bertz CT molecular complexity index is 233. The minimum Gasteiger partial charge on any atom is -0.496 e. The van der Waals surface area contributed by atoms with Crippen LogP contribution in [-0.2, 0) is 0 Å². The Morgan fingerprint density at radius 3 is 2.60 bits per heavy atom. The van der Waals surface area contributed by atoms with Crippen LogP contribution in [0.2, 0.25) is 0 Å². The minimum atomic E-state index is 0.910. The van der Waals surface area contributed by atoms with Gasteiger partial charge < -0.3 is 10.5 Å². The first-order valence-electron chi connectivity index (χ1n) is 3.21. The molecule has 0 saturated heterocycles. The van der Waals surface area contributed by atoms with Gasteiger partial charge in [0.05, 0.1) is 12.7 Å². The molecule has 0 radical (unpaired) electrons. The molecule has 0 aliphatic carbocycles. The first-order chi connectivity index (χ1) is 4.75. The van der Waals surface area contributed by atoms with E-state index in [4.69, 9.17) is 4.74 Å². The molecule has 0 bridgehead atoms. The largest absolute Gasteiger partial charge is 0.496 e. The average Bonchev–Trinajstić information content (AvgIpc) is 1.95. The van der Waals surface area contributed by atoms with Gasteiger partial charge in [-0.25, -0.2) is 0 Å². The molecule has 1 aromatic carbocycles. The lowest BCUT2D eigenvalue weighted by molar-refractivity contribution is -0.255. The number of hydrogen-bond donors (Lipinski definition) is 1. The second-order valence-corrected chi connectivity index (χ2v) is 2.24. The van der Waals surface area contributed by atoms with Crippen LogP contribution in [0.25, 0.3) is 0 Å². The summed E-state index contributed by atoms with van der Waals surface area (Å²) in [5, 5.41) is 0. The highest BCUT2D eigenvalue weighted by molar-refractivity contribution is 5.46. The van der Waals surface area contributed by atoms with Gasteiger partial charge in [0.2, 0.25) is 0 Å². The first-order valence-corrected chi connectivity index (χ1v) is 3.21. The number of rotatable bonds is 1. The summed E-state index contributed by atoms with van der Waals surface area (Å²) in [7, 11) is 1.67. The molecule has 2 nitrogen and oxygen atoms in total. The summed E-state index contributed by atoms with van der Waals surface area (Å²) >= 11 is 0. The highest BCUT2D eigenvalue weighted by Crippen LogP contribution is 2.20.